The molecule has 3 N–H and O–H groups in total. The number of ether oxygens (including phenoxy) is 1. The number of rotatable bonds is 7. The SMILES string of the molecule is Cc1ccc(OCCCCNC(=O)C2C3CCC(C3)C2N)cc1. The van der Waals surface area contributed by atoms with E-state index in [4.69, 9.17) is 10.5 Å². The zero-order valence-electron chi connectivity index (χ0n) is 14.0. The molecule has 2 saturated carbocycles. The largest absolute Gasteiger partial charge is 0.494 e. The minimum Gasteiger partial charge on any atom is -0.494 e. The Bertz CT molecular complexity index is 527. The number of carbonyl (C=O) groups is 1. The molecule has 4 unspecified atom stereocenters. The van der Waals surface area contributed by atoms with E-state index >= 15 is 0 Å². The number of hydrogen-bond donors (Lipinski definition) is 2. The molecular weight excluding hydrogens is 288 g/mol. The number of nitrogens with two attached hydrogens (primary N) is 1. The van der Waals surface area contributed by atoms with Gasteiger partial charge in [0.2, 0.25) is 5.91 Å². The van der Waals surface area contributed by atoms with Crippen LogP contribution in [0.25, 0.3) is 0 Å². The van der Waals surface area contributed by atoms with Gasteiger partial charge in [-0.25, -0.2) is 0 Å². The summed E-state index contributed by atoms with van der Waals surface area (Å²) in [6.45, 7) is 3.47. The molecule has 0 aromatic heterocycles. The number of hydrogen-bond acceptors (Lipinski definition) is 3. The van der Waals surface area contributed by atoms with Crippen LogP contribution in [0.3, 0.4) is 0 Å². The highest BCUT2D eigenvalue weighted by Gasteiger charge is 2.48. The maximum Gasteiger partial charge on any atom is 0.224 e. The fourth-order valence-corrected chi connectivity index (χ4v) is 4.11. The summed E-state index contributed by atoms with van der Waals surface area (Å²) in [5.74, 6) is 2.24. The van der Waals surface area contributed by atoms with Crippen molar-refractivity contribution in [2.75, 3.05) is 13.2 Å². The summed E-state index contributed by atoms with van der Waals surface area (Å²) >= 11 is 0. The molecule has 4 nitrogen and oxygen atoms in total. The van der Waals surface area contributed by atoms with Crippen LogP contribution in [0.4, 0.5) is 0 Å². The smallest absolute Gasteiger partial charge is 0.224 e. The van der Waals surface area contributed by atoms with Crippen LogP contribution in [-0.2, 0) is 4.79 Å². The number of unbranched alkanes of at least 4 members (excludes halogenated alkanes) is 1. The minimum absolute atomic E-state index is 0.0533. The van der Waals surface area contributed by atoms with E-state index in [9.17, 15) is 4.79 Å². The summed E-state index contributed by atoms with van der Waals surface area (Å²) in [4.78, 5) is 12.3. The fraction of sp³-hybridized carbons (Fsp3) is 0.632. The Morgan fingerprint density at radius 2 is 1.96 bits per heavy atom. The lowest BCUT2D eigenvalue weighted by molar-refractivity contribution is -0.127. The minimum atomic E-state index is 0.0533. The average Bonchev–Trinajstić information content (AvgIpc) is 3.13. The van der Waals surface area contributed by atoms with Crippen molar-refractivity contribution in [3.63, 3.8) is 0 Å². The van der Waals surface area contributed by atoms with Crippen LogP contribution in [0.1, 0.15) is 37.7 Å². The zero-order valence-corrected chi connectivity index (χ0v) is 14.0. The Morgan fingerprint density at radius 1 is 1.22 bits per heavy atom. The van der Waals surface area contributed by atoms with Crippen molar-refractivity contribution >= 4 is 5.91 Å². The predicted octanol–water partition coefficient (Wildman–Crippen LogP) is 2.64. The first-order valence-electron chi connectivity index (χ1n) is 8.88. The van der Waals surface area contributed by atoms with Crippen LogP contribution in [0, 0.1) is 24.7 Å². The lowest BCUT2D eigenvalue weighted by Gasteiger charge is -2.27. The molecule has 23 heavy (non-hydrogen) atoms. The average molecular weight is 316 g/mol. The topological polar surface area (TPSA) is 64.3 Å². The molecule has 126 valence electrons. The first-order valence-corrected chi connectivity index (χ1v) is 8.88. The van der Waals surface area contributed by atoms with E-state index in [1.165, 1.54) is 18.4 Å². The fourth-order valence-electron chi connectivity index (χ4n) is 4.11. The zero-order chi connectivity index (χ0) is 16.2. The molecule has 1 aromatic carbocycles. The number of benzene rings is 1. The third kappa shape index (κ3) is 3.86. The number of amides is 1. The molecule has 4 heteroatoms. The Hall–Kier alpha value is -1.55. The first-order chi connectivity index (χ1) is 11.1. The van der Waals surface area contributed by atoms with E-state index in [1.54, 1.807) is 0 Å². The molecule has 4 atom stereocenters. The van der Waals surface area contributed by atoms with Gasteiger partial charge in [0, 0.05) is 12.6 Å². The van der Waals surface area contributed by atoms with Crippen molar-refractivity contribution in [2.45, 2.75) is 45.1 Å². The number of aryl methyl sites for hydroxylation is 1. The molecule has 2 aliphatic carbocycles. The molecule has 0 saturated heterocycles. The van der Waals surface area contributed by atoms with Crippen molar-refractivity contribution in [2.24, 2.45) is 23.5 Å². The summed E-state index contributed by atoms with van der Waals surface area (Å²) in [5, 5.41) is 3.07. The molecule has 0 aliphatic heterocycles. The monoisotopic (exact) mass is 316 g/mol. The molecule has 0 spiro atoms. The Kier molecular flexibility index (Phi) is 5.21. The van der Waals surface area contributed by atoms with Gasteiger partial charge in [0.25, 0.3) is 0 Å². The molecule has 2 aliphatic rings. The lowest BCUT2D eigenvalue weighted by Crippen LogP contribution is -2.45. The third-order valence-electron chi connectivity index (χ3n) is 5.44. The van der Waals surface area contributed by atoms with Gasteiger partial charge in [-0.05, 0) is 63.0 Å². The molecule has 0 radical (unpaired) electrons. The lowest BCUT2D eigenvalue weighted by atomic mass is 9.84. The van der Waals surface area contributed by atoms with Gasteiger partial charge in [0.05, 0.1) is 12.5 Å². The van der Waals surface area contributed by atoms with Crippen LogP contribution in [-0.4, -0.2) is 25.1 Å². The maximum atomic E-state index is 12.3. The molecular formula is C19H28N2O2. The van der Waals surface area contributed by atoms with E-state index < -0.39 is 0 Å². The standard InChI is InChI=1S/C19H28N2O2/c1-13-4-8-16(9-5-13)23-11-3-2-10-21-19(22)17-14-6-7-15(12-14)18(17)20/h4-5,8-9,14-15,17-18H,2-3,6-7,10-12,20H2,1H3,(H,21,22). The highest BCUT2D eigenvalue weighted by atomic mass is 16.5. The Balaban J connectivity index is 1.29. The van der Waals surface area contributed by atoms with Crippen LogP contribution >= 0.6 is 0 Å². The van der Waals surface area contributed by atoms with Gasteiger partial charge in [0.15, 0.2) is 0 Å². The van der Waals surface area contributed by atoms with Crippen molar-refractivity contribution in [3.05, 3.63) is 29.8 Å². The first kappa shape index (κ1) is 16.3. The molecule has 1 aromatic rings. The van der Waals surface area contributed by atoms with Crippen molar-refractivity contribution in [1.82, 2.24) is 5.32 Å². The van der Waals surface area contributed by atoms with Crippen molar-refractivity contribution < 1.29 is 9.53 Å². The third-order valence-corrected chi connectivity index (χ3v) is 5.44. The van der Waals surface area contributed by atoms with Gasteiger partial charge in [-0.3, -0.25) is 4.79 Å². The van der Waals surface area contributed by atoms with Crippen LogP contribution < -0.4 is 15.8 Å². The van der Waals surface area contributed by atoms with E-state index in [-0.39, 0.29) is 17.9 Å². The second kappa shape index (κ2) is 7.35. The summed E-state index contributed by atoms with van der Waals surface area (Å²) < 4.78 is 5.69. The van der Waals surface area contributed by atoms with Crippen LogP contribution in [0.15, 0.2) is 24.3 Å². The maximum absolute atomic E-state index is 12.3. The molecule has 0 heterocycles. The van der Waals surface area contributed by atoms with Gasteiger partial charge >= 0.3 is 0 Å². The summed E-state index contributed by atoms with van der Waals surface area (Å²) in [7, 11) is 0. The molecule has 2 fully saturated rings. The summed E-state index contributed by atoms with van der Waals surface area (Å²) in [5.41, 5.74) is 7.45. The normalized spacial score (nSPS) is 28.8. The van der Waals surface area contributed by atoms with E-state index in [1.807, 2.05) is 24.3 Å². The van der Waals surface area contributed by atoms with E-state index in [0.29, 0.717) is 18.4 Å². The number of carbonyl (C=O) groups excluding carboxylic acids is 1. The summed E-state index contributed by atoms with van der Waals surface area (Å²) in [6, 6.07) is 8.17. The Labute approximate surface area is 138 Å². The molecule has 1 amide bonds. The van der Waals surface area contributed by atoms with Gasteiger partial charge in [-0.1, -0.05) is 17.7 Å². The van der Waals surface area contributed by atoms with Gasteiger partial charge in [-0.2, -0.15) is 0 Å². The number of nitrogens with one attached hydrogen (secondary N) is 1. The van der Waals surface area contributed by atoms with E-state index in [0.717, 1.165) is 31.6 Å². The van der Waals surface area contributed by atoms with Crippen LogP contribution in [0.2, 0.25) is 0 Å². The second-order valence-electron chi connectivity index (χ2n) is 7.10. The summed E-state index contributed by atoms with van der Waals surface area (Å²) in [6.07, 6.45) is 5.43. The highest BCUT2D eigenvalue weighted by molar-refractivity contribution is 5.80. The van der Waals surface area contributed by atoms with Crippen molar-refractivity contribution in [1.29, 1.82) is 0 Å². The van der Waals surface area contributed by atoms with E-state index in [2.05, 4.69) is 12.2 Å². The molecule has 3 rings (SSSR count). The van der Waals surface area contributed by atoms with Gasteiger partial charge < -0.3 is 15.8 Å². The predicted molar refractivity (Wildman–Crippen MR) is 91.2 cm³/mol. The van der Waals surface area contributed by atoms with Gasteiger partial charge in [-0.15, -0.1) is 0 Å². The number of fused-ring (bicyclic) bond motifs is 2. The Morgan fingerprint density at radius 3 is 2.65 bits per heavy atom. The quantitative estimate of drug-likeness (QED) is 0.760. The van der Waals surface area contributed by atoms with Gasteiger partial charge in [0.1, 0.15) is 5.75 Å². The van der Waals surface area contributed by atoms with Crippen molar-refractivity contribution in [3.8, 4) is 5.75 Å². The highest BCUT2D eigenvalue weighted by Crippen LogP contribution is 2.47. The van der Waals surface area contributed by atoms with Crippen LogP contribution in [0.5, 0.6) is 5.75 Å². The second-order valence-corrected chi connectivity index (χ2v) is 7.10. The molecule has 2 bridgehead atoms.